The molecule has 2 aromatic carbocycles. The molecule has 0 aliphatic heterocycles. The molecule has 0 spiro atoms. The van der Waals surface area contributed by atoms with Crippen LogP contribution in [0.3, 0.4) is 0 Å². The van der Waals surface area contributed by atoms with E-state index in [2.05, 4.69) is 9.47 Å². The number of nitrogens with zero attached hydrogens (tertiary/aromatic N) is 2. The Morgan fingerprint density at radius 3 is 1.22 bits per heavy atom. The Labute approximate surface area is 224 Å². The second kappa shape index (κ2) is 11.0. The summed E-state index contributed by atoms with van der Waals surface area (Å²) < 4.78 is 167. The lowest BCUT2D eigenvalue weighted by molar-refractivity contribution is -0.342. The lowest BCUT2D eigenvalue weighted by Gasteiger charge is -2.31. The molecule has 0 saturated heterocycles. The summed E-state index contributed by atoms with van der Waals surface area (Å²) in [6.45, 7) is 0. The Balaban J connectivity index is 2.79. The highest BCUT2D eigenvalue weighted by Gasteiger charge is 2.77. The molecule has 19 heteroatoms. The molecule has 0 heterocycles. The Morgan fingerprint density at radius 2 is 0.927 bits per heavy atom. The van der Waals surface area contributed by atoms with Crippen LogP contribution < -0.4 is 0 Å². The van der Waals surface area contributed by atoms with Crippen molar-refractivity contribution in [2.45, 2.75) is 45.7 Å². The minimum absolute atomic E-state index is 0.0989. The average Bonchev–Trinajstić information content (AvgIpc) is 2.83. The maximum absolute atomic E-state index is 13.3. The van der Waals surface area contributed by atoms with Crippen LogP contribution in [-0.4, -0.2) is 47.8 Å². The summed E-state index contributed by atoms with van der Waals surface area (Å²) in [7, 11) is 0. The zero-order valence-electron chi connectivity index (χ0n) is 19.1. The van der Waals surface area contributed by atoms with E-state index < -0.39 is 63.9 Å². The summed E-state index contributed by atoms with van der Waals surface area (Å²) in [5.74, 6) is -5.21. The predicted molar refractivity (Wildman–Crippen MR) is 109 cm³/mol. The van der Waals surface area contributed by atoms with Crippen LogP contribution in [0.5, 0.6) is 0 Å². The number of carbonyl (C=O) groups is 2. The van der Waals surface area contributed by atoms with Gasteiger partial charge in [0.25, 0.3) is 0 Å². The number of nitriles is 2. The SMILES string of the molecule is N#CC(OC(=O)c1cccc(C(=O)OC(C#N)(C(F)(F)F)C(F)(F)F)c1Sc1ccccc1)(C(F)(F)F)C(F)(F)F. The monoisotopic (exact) mass is 624 g/mol. The molecule has 0 unspecified atom stereocenters. The van der Waals surface area contributed by atoms with E-state index >= 15 is 0 Å². The van der Waals surface area contributed by atoms with Gasteiger partial charge >= 0.3 is 47.8 Å². The summed E-state index contributed by atoms with van der Waals surface area (Å²) in [5, 5.41) is 17.4. The van der Waals surface area contributed by atoms with E-state index in [1.54, 1.807) is 0 Å². The molecule has 0 aromatic heterocycles. The number of carbonyl (C=O) groups excluding carboxylic acids is 2. The minimum Gasteiger partial charge on any atom is -0.422 e. The predicted octanol–water partition coefficient (Wildman–Crippen LogP) is 6.93. The molecule has 220 valence electrons. The number of alkyl halides is 12. The molecule has 2 rings (SSSR count). The fourth-order valence-corrected chi connectivity index (χ4v) is 3.87. The van der Waals surface area contributed by atoms with Gasteiger partial charge in [-0.3, -0.25) is 0 Å². The number of ether oxygens (including phenoxy) is 2. The van der Waals surface area contributed by atoms with E-state index in [4.69, 9.17) is 10.5 Å². The number of halogens is 12. The van der Waals surface area contributed by atoms with Gasteiger partial charge in [0, 0.05) is 9.79 Å². The molecule has 0 amide bonds. The van der Waals surface area contributed by atoms with Gasteiger partial charge in [-0.15, -0.1) is 0 Å². The molecule has 0 aliphatic rings. The summed E-state index contributed by atoms with van der Waals surface area (Å²) in [6.07, 6.45) is -26.4. The Hall–Kier alpha value is -4.13. The second-order valence-corrected chi connectivity index (χ2v) is 8.54. The average molecular weight is 624 g/mol. The summed E-state index contributed by atoms with van der Waals surface area (Å²) in [6, 6.07) is 7.09. The molecule has 2 aromatic rings. The molecule has 0 N–H and O–H groups in total. The molecule has 41 heavy (non-hydrogen) atoms. The third-order valence-electron chi connectivity index (χ3n) is 4.82. The number of hydrogen-bond donors (Lipinski definition) is 0. The first-order chi connectivity index (χ1) is 18.6. The topological polar surface area (TPSA) is 100 Å². The molecule has 0 bridgehead atoms. The zero-order chi connectivity index (χ0) is 31.7. The van der Waals surface area contributed by atoms with Crippen LogP contribution in [0.1, 0.15) is 20.7 Å². The van der Waals surface area contributed by atoms with Crippen molar-refractivity contribution in [3.05, 3.63) is 59.7 Å². The van der Waals surface area contributed by atoms with E-state index in [0.29, 0.717) is 18.2 Å². The van der Waals surface area contributed by atoms with Gasteiger partial charge in [0.1, 0.15) is 12.1 Å². The highest BCUT2D eigenvalue weighted by Crippen LogP contribution is 2.48. The number of esters is 2. The van der Waals surface area contributed by atoms with Crippen LogP contribution >= 0.6 is 11.8 Å². The van der Waals surface area contributed by atoms with Gasteiger partial charge in [-0.1, -0.05) is 36.0 Å². The third kappa shape index (κ3) is 6.14. The smallest absolute Gasteiger partial charge is 0.422 e. The van der Waals surface area contributed by atoms with Crippen molar-refractivity contribution < 1.29 is 71.7 Å². The first kappa shape index (κ1) is 33.1. The van der Waals surface area contributed by atoms with Crippen molar-refractivity contribution in [1.29, 1.82) is 10.5 Å². The van der Waals surface area contributed by atoms with Gasteiger partial charge < -0.3 is 9.47 Å². The molecule has 0 fully saturated rings. The lowest BCUT2D eigenvalue weighted by atomic mass is 10.0. The van der Waals surface area contributed by atoms with E-state index in [9.17, 15) is 62.3 Å². The fourth-order valence-electron chi connectivity index (χ4n) is 2.81. The normalized spacial score (nSPS) is 13.1. The number of benzene rings is 2. The quantitative estimate of drug-likeness (QED) is 0.254. The molecular weight excluding hydrogens is 616 g/mol. The maximum Gasteiger partial charge on any atom is 0.452 e. The van der Waals surface area contributed by atoms with E-state index in [0.717, 1.165) is 12.1 Å². The lowest BCUT2D eigenvalue weighted by Crippen LogP contribution is -2.58. The van der Waals surface area contributed by atoms with Crippen molar-refractivity contribution in [2.24, 2.45) is 0 Å². The molecule has 0 aliphatic carbocycles. The third-order valence-corrected chi connectivity index (χ3v) is 5.97. The summed E-state index contributed by atoms with van der Waals surface area (Å²) in [5.41, 5.74) is -14.4. The van der Waals surface area contributed by atoms with Gasteiger partial charge in [-0.2, -0.15) is 63.2 Å². The van der Waals surface area contributed by atoms with Gasteiger partial charge in [0.15, 0.2) is 0 Å². The Kier molecular flexibility index (Phi) is 8.90. The van der Waals surface area contributed by atoms with E-state index in [-0.39, 0.29) is 28.8 Å². The van der Waals surface area contributed by atoms with Crippen LogP contribution in [0.25, 0.3) is 0 Å². The molecule has 0 saturated carbocycles. The molecule has 0 radical (unpaired) electrons. The van der Waals surface area contributed by atoms with Crippen LogP contribution in [0.15, 0.2) is 58.3 Å². The summed E-state index contributed by atoms with van der Waals surface area (Å²) >= 11 is 0.102. The van der Waals surface area contributed by atoms with Crippen molar-refractivity contribution in [1.82, 2.24) is 0 Å². The Bertz CT molecular complexity index is 1280. The van der Waals surface area contributed by atoms with Crippen LogP contribution in [0.2, 0.25) is 0 Å². The molecule has 6 nitrogen and oxygen atoms in total. The van der Waals surface area contributed by atoms with Crippen LogP contribution in [0.4, 0.5) is 52.7 Å². The van der Waals surface area contributed by atoms with E-state index in [1.165, 1.54) is 18.2 Å². The van der Waals surface area contributed by atoms with Crippen molar-refractivity contribution in [3.8, 4) is 12.1 Å². The first-order valence-electron chi connectivity index (χ1n) is 10.0. The van der Waals surface area contributed by atoms with Gasteiger partial charge in [0.2, 0.25) is 0 Å². The Morgan fingerprint density at radius 1 is 0.585 bits per heavy atom. The van der Waals surface area contributed by atoms with Crippen LogP contribution in [0, 0.1) is 22.7 Å². The number of rotatable bonds is 6. The summed E-state index contributed by atoms with van der Waals surface area (Å²) in [4.78, 5) is 24.0. The first-order valence-corrected chi connectivity index (χ1v) is 10.8. The standard InChI is InChI=1S/C22H8F12N2O4S/c23-19(24,25)17(9-35,20(26,27)28)39-15(37)12-7-4-8-13(14(12)41-11-5-2-1-3-6-11)16(38)40-18(10-36,21(29,30)31)22(32,33)34/h1-8H. The molecule has 0 atom stereocenters. The molecular formula is C22H8F12N2O4S. The highest BCUT2D eigenvalue weighted by molar-refractivity contribution is 7.99. The number of hydrogen-bond acceptors (Lipinski definition) is 7. The van der Waals surface area contributed by atoms with Crippen molar-refractivity contribution >= 4 is 23.7 Å². The van der Waals surface area contributed by atoms with Crippen LogP contribution in [-0.2, 0) is 9.47 Å². The zero-order valence-corrected chi connectivity index (χ0v) is 19.9. The van der Waals surface area contributed by atoms with Gasteiger partial charge in [-0.05, 0) is 24.3 Å². The second-order valence-electron chi connectivity index (χ2n) is 7.45. The van der Waals surface area contributed by atoms with E-state index in [1.807, 2.05) is 0 Å². The van der Waals surface area contributed by atoms with Gasteiger partial charge in [0.05, 0.1) is 11.1 Å². The largest absolute Gasteiger partial charge is 0.452 e. The highest BCUT2D eigenvalue weighted by atomic mass is 32.2. The fraction of sp³-hybridized carbons (Fsp3) is 0.273. The maximum atomic E-state index is 13.3. The van der Waals surface area contributed by atoms with Gasteiger partial charge in [-0.25, -0.2) is 9.59 Å². The minimum atomic E-state index is -6.59. The van der Waals surface area contributed by atoms with Crippen molar-refractivity contribution in [2.75, 3.05) is 0 Å². The van der Waals surface area contributed by atoms with Crippen molar-refractivity contribution in [3.63, 3.8) is 0 Å².